The number of anilines is 1. The Labute approximate surface area is 95.1 Å². The molecular formula is C10H8FN3OS. The summed E-state index contributed by atoms with van der Waals surface area (Å²) in [5, 5.41) is 10.3. The summed E-state index contributed by atoms with van der Waals surface area (Å²) in [6.45, 7) is 0. The SMILES string of the molecule is O=C(Cc1ccc(F)cc1)Nc1nncs1. The molecule has 0 radical (unpaired) electrons. The van der Waals surface area contributed by atoms with Crippen LogP contribution in [0.15, 0.2) is 29.8 Å². The summed E-state index contributed by atoms with van der Waals surface area (Å²) in [5.74, 6) is -0.503. The van der Waals surface area contributed by atoms with Crippen molar-refractivity contribution in [2.24, 2.45) is 0 Å². The molecule has 0 unspecified atom stereocenters. The number of carbonyl (C=O) groups excluding carboxylic acids is 1. The van der Waals surface area contributed by atoms with Gasteiger partial charge in [-0.05, 0) is 17.7 Å². The molecule has 0 spiro atoms. The van der Waals surface area contributed by atoms with Crippen LogP contribution in [-0.4, -0.2) is 16.1 Å². The Hall–Kier alpha value is -1.82. The van der Waals surface area contributed by atoms with Gasteiger partial charge in [0.2, 0.25) is 11.0 Å². The van der Waals surface area contributed by atoms with Gasteiger partial charge in [0.15, 0.2) is 0 Å². The first-order valence-electron chi connectivity index (χ1n) is 4.54. The Morgan fingerprint density at radius 2 is 2.12 bits per heavy atom. The summed E-state index contributed by atoms with van der Waals surface area (Å²) >= 11 is 1.25. The molecule has 0 atom stereocenters. The van der Waals surface area contributed by atoms with Crippen LogP contribution in [0.1, 0.15) is 5.56 Å². The van der Waals surface area contributed by atoms with Crippen LogP contribution in [0.2, 0.25) is 0 Å². The largest absolute Gasteiger partial charge is 0.300 e. The lowest BCUT2D eigenvalue weighted by Gasteiger charge is -2.01. The van der Waals surface area contributed by atoms with Crippen molar-refractivity contribution < 1.29 is 9.18 Å². The predicted molar refractivity (Wildman–Crippen MR) is 58.6 cm³/mol. The summed E-state index contributed by atoms with van der Waals surface area (Å²) in [5.41, 5.74) is 2.29. The van der Waals surface area contributed by atoms with Gasteiger partial charge in [-0.1, -0.05) is 23.5 Å². The second-order valence-corrected chi connectivity index (χ2v) is 3.93. The first-order valence-corrected chi connectivity index (χ1v) is 5.42. The van der Waals surface area contributed by atoms with E-state index >= 15 is 0 Å². The Morgan fingerprint density at radius 1 is 1.38 bits per heavy atom. The van der Waals surface area contributed by atoms with Crippen LogP contribution >= 0.6 is 11.3 Å². The molecule has 1 aromatic heterocycles. The van der Waals surface area contributed by atoms with Gasteiger partial charge < -0.3 is 5.32 Å². The highest BCUT2D eigenvalue weighted by atomic mass is 32.1. The highest BCUT2D eigenvalue weighted by molar-refractivity contribution is 7.13. The Kier molecular flexibility index (Phi) is 3.21. The minimum atomic E-state index is -0.312. The summed E-state index contributed by atoms with van der Waals surface area (Å²) < 4.78 is 12.6. The first-order chi connectivity index (χ1) is 7.74. The van der Waals surface area contributed by atoms with E-state index in [1.807, 2.05) is 0 Å². The number of nitrogens with zero attached hydrogens (tertiary/aromatic N) is 2. The lowest BCUT2D eigenvalue weighted by molar-refractivity contribution is -0.115. The van der Waals surface area contributed by atoms with Gasteiger partial charge in [-0.2, -0.15) is 0 Å². The molecule has 0 bridgehead atoms. The molecule has 0 saturated heterocycles. The molecule has 16 heavy (non-hydrogen) atoms. The number of benzene rings is 1. The summed E-state index contributed by atoms with van der Waals surface area (Å²) in [6, 6.07) is 5.81. The minimum Gasteiger partial charge on any atom is -0.300 e. The molecule has 1 N–H and O–H groups in total. The Bertz CT molecular complexity index is 469. The molecule has 0 aliphatic rings. The van der Waals surface area contributed by atoms with Gasteiger partial charge >= 0.3 is 0 Å². The zero-order chi connectivity index (χ0) is 11.4. The molecule has 0 aliphatic carbocycles. The number of amides is 1. The molecule has 0 fully saturated rings. The van der Waals surface area contributed by atoms with E-state index in [2.05, 4.69) is 15.5 Å². The quantitative estimate of drug-likeness (QED) is 0.886. The van der Waals surface area contributed by atoms with Crippen LogP contribution in [0.3, 0.4) is 0 Å². The number of hydrogen-bond acceptors (Lipinski definition) is 4. The van der Waals surface area contributed by atoms with Crippen molar-refractivity contribution in [2.75, 3.05) is 5.32 Å². The monoisotopic (exact) mass is 237 g/mol. The van der Waals surface area contributed by atoms with Gasteiger partial charge in [0.05, 0.1) is 6.42 Å². The van der Waals surface area contributed by atoms with Crippen molar-refractivity contribution in [3.63, 3.8) is 0 Å². The summed E-state index contributed by atoms with van der Waals surface area (Å²) in [6.07, 6.45) is 0.194. The normalized spacial score (nSPS) is 10.1. The van der Waals surface area contributed by atoms with Gasteiger partial charge in [-0.15, -0.1) is 10.2 Å². The van der Waals surface area contributed by atoms with Gasteiger partial charge in [0, 0.05) is 0 Å². The van der Waals surface area contributed by atoms with Gasteiger partial charge in [-0.3, -0.25) is 4.79 Å². The second kappa shape index (κ2) is 4.80. The van der Waals surface area contributed by atoms with Crippen molar-refractivity contribution in [3.05, 3.63) is 41.2 Å². The maximum Gasteiger partial charge on any atom is 0.230 e. The molecule has 1 aromatic carbocycles. The number of carbonyl (C=O) groups is 1. The first kappa shape index (κ1) is 10.7. The van der Waals surface area contributed by atoms with Crippen LogP contribution in [0, 0.1) is 5.82 Å². The fraction of sp³-hybridized carbons (Fsp3) is 0.100. The molecule has 2 rings (SSSR count). The van der Waals surface area contributed by atoms with E-state index in [1.54, 1.807) is 12.1 Å². The standard InChI is InChI=1S/C10H8FN3OS/c11-8-3-1-7(2-4-8)5-9(15)13-10-14-12-6-16-10/h1-4,6H,5H2,(H,13,14,15). The number of halogens is 1. The van der Waals surface area contributed by atoms with Crippen molar-refractivity contribution in [1.82, 2.24) is 10.2 Å². The molecular weight excluding hydrogens is 229 g/mol. The molecule has 4 nitrogen and oxygen atoms in total. The topological polar surface area (TPSA) is 54.9 Å². The van der Waals surface area contributed by atoms with E-state index in [4.69, 9.17) is 0 Å². The lowest BCUT2D eigenvalue weighted by Crippen LogP contribution is -2.14. The van der Waals surface area contributed by atoms with Gasteiger partial charge in [-0.25, -0.2) is 4.39 Å². The molecule has 1 amide bonds. The molecule has 6 heteroatoms. The van der Waals surface area contributed by atoms with E-state index in [0.717, 1.165) is 5.56 Å². The zero-order valence-electron chi connectivity index (χ0n) is 8.18. The number of hydrogen-bond donors (Lipinski definition) is 1. The highest BCUT2D eigenvalue weighted by Crippen LogP contribution is 2.09. The zero-order valence-corrected chi connectivity index (χ0v) is 9.00. The number of aromatic nitrogens is 2. The van der Waals surface area contributed by atoms with Crippen molar-refractivity contribution >= 4 is 22.4 Å². The highest BCUT2D eigenvalue weighted by Gasteiger charge is 2.05. The van der Waals surface area contributed by atoms with E-state index in [9.17, 15) is 9.18 Å². The molecule has 2 aromatic rings. The molecule has 0 saturated carbocycles. The van der Waals surface area contributed by atoms with Crippen LogP contribution < -0.4 is 5.32 Å². The third kappa shape index (κ3) is 2.83. The maximum atomic E-state index is 12.6. The summed E-state index contributed by atoms with van der Waals surface area (Å²) in [4.78, 5) is 11.5. The predicted octanol–water partition coefficient (Wildman–Crippen LogP) is 1.86. The van der Waals surface area contributed by atoms with E-state index < -0.39 is 0 Å². The van der Waals surface area contributed by atoms with Crippen LogP contribution in [-0.2, 0) is 11.2 Å². The van der Waals surface area contributed by atoms with Crippen molar-refractivity contribution in [3.8, 4) is 0 Å². The molecule has 82 valence electrons. The fourth-order valence-electron chi connectivity index (χ4n) is 1.18. The van der Waals surface area contributed by atoms with Crippen molar-refractivity contribution in [2.45, 2.75) is 6.42 Å². The molecule has 1 heterocycles. The van der Waals surface area contributed by atoms with Gasteiger partial charge in [0.1, 0.15) is 11.3 Å². The lowest BCUT2D eigenvalue weighted by atomic mass is 10.1. The third-order valence-electron chi connectivity index (χ3n) is 1.88. The van der Waals surface area contributed by atoms with E-state index in [0.29, 0.717) is 5.13 Å². The van der Waals surface area contributed by atoms with Crippen LogP contribution in [0.25, 0.3) is 0 Å². The molecule has 0 aliphatic heterocycles. The van der Waals surface area contributed by atoms with E-state index in [1.165, 1.54) is 29.0 Å². The second-order valence-electron chi connectivity index (χ2n) is 3.10. The summed E-state index contributed by atoms with van der Waals surface area (Å²) in [7, 11) is 0. The Balaban J connectivity index is 1.95. The van der Waals surface area contributed by atoms with Crippen LogP contribution in [0.5, 0.6) is 0 Å². The Morgan fingerprint density at radius 3 is 2.75 bits per heavy atom. The average Bonchev–Trinajstić information content (AvgIpc) is 2.74. The smallest absolute Gasteiger partial charge is 0.230 e. The fourth-order valence-corrected chi connectivity index (χ4v) is 1.64. The number of rotatable bonds is 3. The minimum absolute atomic E-state index is 0.191. The van der Waals surface area contributed by atoms with Gasteiger partial charge in [0.25, 0.3) is 0 Å². The third-order valence-corrected chi connectivity index (χ3v) is 2.49. The van der Waals surface area contributed by atoms with Crippen molar-refractivity contribution in [1.29, 1.82) is 0 Å². The van der Waals surface area contributed by atoms with E-state index in [-0.39, 0.29) is 18.1 Å². The van der Waals surface area contributed by atoms with Crippen LogP contribution in [0.4, 0.5) is 9.52 Å². The number of nitrogens with one attached hydrogen (secondary N) is 1. The average molecular weight is 237 g/mol. The maximum absolute atomic E-state index is 12.6.